The Morgan fingerprint density at radius 2 is 1.52 bits per heavy atom. The number of nitrogens with one attached hydrogen (secondary N) is 4. The number of benzene rings is 4. The average Bonchev–Trinajstić information content (AvgIpc) is 3.28. The van der Waals surface area contributed by atoms with Crippen molar-refractivity contribution in [2.45, 2.75) is 56.6 Å². The van der Waals surface area contributed by atoms with Gasteiger partial charge in [0.05, 0.1) is 59.3 Å². The summed E-state index contributed by atoms with van der Waals surface area (Å²) in [6.45, 7) is 5.01. The number of ether oxygens (including phenoxy) is 9. The monoisotopic (exact) mass is 936 g/mol. The minimum Gasteiger partial charge on any atom is -0.504 e. The van der Waals surface area contributed by atoms with Crippen LogP contribution in [0.5, 0.6) is 40.2 Å². The van der Waals surface area contributed by atoms with Gasteiger partial charge in [0.15, 0.2) is 11.5 Å². The van der Waals surface area contributed by atoms with Crippen molar-refractivity contribution in [1.82, 2.24) is 21.3 Å². The predicted molar refractivity (Wildman–Crippen MR) is 237 cm³/mol. The standard InChI is InChI=1S/C46H53ClN4O15/c1-46(2,3)66-45(57)51-38-25-17-31(52)41(62-8)35(18-25)65-33-12-10-24(16-29(33)47)40(53)39-44(56)48-30(21-64-22-63-14-13-58-4)27-19-26(59-5)20-34(61-7)36(27)28-15-23(9-11-32(28)60-6)37(42(54)50-39)49-43(38)55/h9-12,15-20,30,37-40,52-53H,13-14,21-22H2,1-8H3,(H,48,56)(H,49,55)(H,50,54)(H,51,57)/t30-,37+,38-,39+,40+/m1/s1. The Labute approximate surface area is 385 Å². The number of aromatic hydroxyl groups is 1. The molecular formula is C46H53ClN4O15. The van der Waals surface area contributed by atoms with Crippen molar-refractivity contribution < 1.29 is 72.0 Å². The fourth-order valence-electron chi connectivity index (χ4n) is 7.38. The van der Waals surface area contributed by atoms with Crippen LogP contribution in [-0.4, -0.2) is 108 Å². The van der Waals surface area contributed by atoms with Gasteiger partial charge >= 0.3 is 6.09 Å². The summed E-state index contributed by atoms with van der Waals surface area (Å²) in [7, 11) is 7.15. The highest BCUT2D eigenvalue weighted by atomic mass is 35.5. The van der Waals surface area contributed by atoms with Crippen molar-refractivity contribution in [3.8, 4) is 51.4 Å². The Kier molecular flexibility index (Phi) is 15.7. The molecule has 0 aliphatic carbocycles. The Morgan fingerprint density at radius 3 is 2.18 bits per heavy atom. The number of halogens is 1. The summed E-state index contributed by atoms with van der Waals surface area (Å²) in [4.78, 5) is 58.0. The maximum absolute atomic E-state index is 14.9. The van der Waals surface area contributed by atoms with Crippen molar-refractivity contribution >= 4 is 35.4 Å². The van der Waals surface area contributed by atoms with Crippen LogP contribution in [0.2, 0.25) is 5.02 Å². The minimum absolute atomic E-state index is 0.00245. The van der Waals surface area contributed by atoms with E-state index in [1.165, 1.54) is 71.9 Å². The molecule has 66 heavy (non-hydrogen) atoms. The topological polar surface area (TPSA) is 240 Å². The molecule has 354 valence electrons. The SMILES string of the molecule is COCCOCOC[C@H]1NC(=O)[C@H]2NC(=O)[C@@H](NC(=O)[C@H](NC(=O)OC(C)(C)C)c3cc(O)c(OC)c(c3)Oc3ccc(cc3Cl)[C@@H]2O)c2ccc(OC)c(c2)-c2c(OC)cc(OC)cc21. The molecule has 3 aliphatic heterocycles. The summed E-state index contributed by atoms with van der Waals surface area (Å²) in [6, 6.07) is 8.48. The molecule has 5 atom stereocenters. The zero-order valence-corrected chi connectivity index (χ0v) is 38.3. The van der Waals surface area contributed by atoms with E-state index in [0.717, 1.165) is 0 Å². The number of hydrogen-bond acceptors (Lipinski definition) is 15. The van der Waals surface area contributed by atoms with Crippen LogP contribution in [0.3, 0.4) is 0 Å². The first-order chi connectivity index (χ1) is 31.5. The normalized spacial score (nSPS) is 19.4. The average molecular weight is 937 g/mol. The first-order valence-corrected chi connectivity index (χ1v) is 20.9. The lowest BCUT2D eigenvalue weighted by Crippen LogP contribution is -2.54. The molecule has 4 amide bonds. The van der Waals surface area contributed by atoms with E-state index in [0.29, 0.717) is 34.8 Å². The van der Waals surface area contributed by atoms with Gasteiger partial charge in [0.2, 0.25) is 23.5 Å². The molecule has 0 saturated carbocycles. The van der Waals surface area contributed by atoms with Crippen molar-refractivity contribution in [1.29, 1.82) is 0 Å². The van der Waals surface area contributed by atoms with Gasteiger partial charge in [-0.1, -0.05) is 23.7 Å². The summed E-state index contributed by atoms with van der Waals surface area (Å²) in [5.74, 6) is -2.70. The Morgan fingerprint density at radius 1 is 0.773 bits per heavy atom. The number of aliphatic hydroxyl groups excluding tert-OH is 1. The molecular weight excluding hydrogens is 884 g/mol. The Balaban J connectivity index is 1.62. The molecule has 0 saturated heterocycles. The fraction of sp³-hybridized carbons (Fsp3) is 0.391. The number of methoxy groups -OCH3 is 5. The van der Waals surface area contributed by atoms with Crippen LogP contribution in [0, 0.1) is 0 Å². The van der Waals surface area contributed by atoms with Crippen LogP contribution in [0.15, 0.2) is 60.7 Å². The lowest BCUT2D eigenvalue weighted by molar-refractivity contribution is -0.135. The summed E-state index contributed by atoms with van der Waals surface area (Å²) in [6.07, 6.45) is -2.82. The molecule has 0 aromatic heterocycles. The fourth-order valence-corrected chi connectivity index (χ4v) is 7.60. The quantitative estimate of drug-likeness (QED) is 0.0780. The molecule has 6 N–H and O–H groups in total. The third-order valence-electron chi connectivity index (χ3n) is 10.4. The molecule has 3 aliphatic rings. The predicted octanol–water partition coefficient (Wildman–Crippen LogP) is 5.30. The van der Waals surface area contributed by atoms with E-state index in [4.69, 9.17) is 54.2 Å². The van der Waals surface area contributed by atoms with Gasteiger partial charge in [-0.2, -0.15) is 0 Å². The minimum atomic E-state index is -1.79. The molecule has 0 spiro atoms. The van der Waals surface area contributed by atoms with E-state index in [2.05, 4.69) is 21.3 Å². The molecule has 20 heteroatoms. The van der Waals surface area contributed by atoms with Crippen molar-refractivity contribution in [3.05, 3.63) is 87.9 Å². The summed E-state index contributed by atoms with van der Waals surface area (Å²) in [5.41, 5.74) is 0.319. The summed E-state index contributed by atoms with van der Waals surface area (Å²) >= 11 is 6.76. The molecule has 4 aromatic rings. The van der Waals surface area contributed by atoms with E-state index in [9.17, 15) is 29.4 Å². The van der Waals surface area contributed by atoms with Gasteiger partial charge in [-0.05, 0) is 85.5 Å². The van der Waals surface area contributed by atoms with Gasteiger partial charge in [-0.3, -0.25) is 14.4 Å². The highest BCUT2D eigenvalue weighted by molar-refractivity contribution is 6.32. The lowest BCUT2D eigenvalue weighted by atomic mass is 9.89. The van der Waals surface area contributed by atoms with Crippen LogP contribution in [0.25, 0.3) is 11.1 Å². The van der Waals surface area contributed by atoms with Crippen molar-refractivity contribution in [2.24, 2.45) is 0 Å². The molecule has 0 unspecified atom stereocenters. The number of alkyl carbamates (subject to hydrolysis) is 1. The molecule has 8 bridgehead atoms. The molecule has 19 nitrogen and oxygen atoms in total. The first-order valence-electron chi connectivity index (χ1n) is 20.6. The van der Waals surface area contributed by atoms with E-state index < -0.39 is 65.4 Å². The summed E-state index contributed by atoms with van der Waals surface area (Å²) < 4.78 is 51.1. The lowest BCUT2D eigenvalue weighted by Gasteiger charge is -2.32. The Hall–Kier alpha value is -6.51. The number of fused-ring (bicyclic) bond motifs is 8. The molecule has 0 radical (unpaired) electrons. The zero-order chi connectivity index (χ0) is 47.9. The largest absolute Gasteiger partial charge is 0.504 e. The molecule has 0 fully saturated rings. The number of carbonyl (C=O) groups excluding carboxylic acids is 4. The highest BCUT2D eigenvalue weighted by Crippen LogP contribution is 2.46. The van der Waals surface area contributed by atoms with Gasteiger partial charge < -0.3 is 74.1 Å². The molecule has 7 rings (SSSR count). The van der Waals surface area contributed by atoms with Crippen LogP contribution >= 0.6 is 11.6 Å². The van der Waals surface area contributed by atoms with Crippen LogP contribution in [0.1, 0.15) is 67.3 Å². The van der Waals surface area contributed by atoms with Gasteiger partial charge in [0.1, 0.15) is 59.6 Å². The Bertz CT molecular complexity index is 2440. The maximum atomic E-state index is 14.9. The van der Waals surface area contributed by atoms with E-state index in [-0.39, 0.29) is 64.7 Å². The maximum Gasteiger partial charge on any atom is 0.408 e. The summed E-state index contributed by atoms with van der Waals surface area (Å²) in [5, 5.41) is 34.2. The number of rotatable bonds is 12. The van der Waals surface area contributed by atoms with Crippen LogP contribution in [-0.2, 0) is 33.3 Å². The van der Waals surface area contributed by atoms with Gasteiger partial charge in [-0.15, -0.1) is 0 Å². The van der Waals surface area contributed by atoms with Crippen LogP contribution in [0.4, 0.5) is 4.79 Å². The number of carbonyl (C=O) groups is 4. The van der Waals surface area contributed by atoms with Gasteiger partial charge in [0.25, 0.3) is 0 Å². The second-order valence-electron chi connectivity index (χ2n) is 16.0. The third-order valence-corrected chi connectivity index (χ3v) is 10.7. The first kappa shape index (κ1) is 48.9. The number of aliphatic hydroxyl groups is 1. The molecule has 4 aromatic carbocycles. The second-order valence-corrected chi connectivity index (χ2v) is 16.4. The number of amides is 4. The van der Waals surface area contributed by atoms with Gasteiger partial charge in [0, 0.05) is 24.3 Å². The van der Waals surface area contributed by atoms with E-state index in [1.54, 1.807) is 45.0 Å². The number of phenolic OH excluding ortho intramolecular Hbond substituents is 1. The zero-order valence-electron chi connectivity index (χ0n) is 37.6. The van der Waals surface area contributed by atoms with Crippen molar-refractivity contribution in [2.75, 3.05) is 62.2 Å². The van der Waals surface area contributed by atoms with Crippen molar-refractivity contribution in [3.63, 3.8) is 0 Å². The van der Waals surface area contributed by atoms with E-state index >= 15 is 0 Å². The second kappa shape index (κ2) is 21.2. The highest BCUT2D eigenvalue weighted by Gasteiger charge is 2.39. The van der Waals surface area contributed by atoms with E-state index in [1.807, 2.05) is 0 Å². The van der Waals surface area contributed by atoms with Gasteiger partial charge in [-0.25, -0.2) is 4.79 Å². The molecule has 3 heterocycles. The van der Waals surface area contributed by atoms with Crippen LogP contribution < -0.4 is 45.0 Å². The third kappa shape index (κ3) is 11.1. The number of hydrogen-bond donors (Lipinski definition) is 6. The smallest absolute Gasteiger partial charge is 0.408 e. The number of phenols is 1.